The highest BCUT2D eigenvalue weighted by molar-refractivity contribution is 6.14. The monoisotopic (exact) mass is 463 g/mol. The molecule has 36 heavy (non-hydrogen) atoms. The number of nitrogens with zero attached hydrogens (tertiary/aromatic N) is 1. The van der Waals surface area contributed by atoms with Crippen molar-refractivity contribution in [1.29, 1.82) is 0 Å². The fourth-order valence-corrected chi connectivity index (χ4v) is 5.45. The molecular weight excluding hydrogens is 434 g/mol. The number of benzene rings is 6. The molecule has 0 unspecified atom stereocenters. The third kappa shape index (κ3) is 3.93. The highest BCUT2D eigenvalue weighted by Crippen LogP contribution is 2.39. The third-order valence-electron chi connectivity index (χ3n) is 7.23. The first-order chi connectivity index (χ1) is 17.7. The lowest BCUT2D eigenvalue weighted by Gasteiger charge is -2.27. The van der Waals surface area contributed by atoms with Gasteiger partial charge in [-0.1, -0.05) is 103 Å². The number of rotatable bonds is 5. The van der Waals surface area contributed by atoms with Gasteiger partial charge in [-0.05, 0) is 87.5 Å². The molecule has 6 aromatic rings. The molecule has 0 aliphatic carbocycles. The van der Waals surface area contributed by atoms with Crippen LogP contribution in [0.2, 0.25) is 0 Å². The summed E-state index contributed by atoms with van der Waals surface area (Å²) in [7, 11) is 0. The molecule has 0 aromatic heterocycles. The first-order valence-electron chi connectivity index (χ1n) is 12.6. The standard InChI is InChI=1S/C35H29N/c1-25-13-6-11-22-34(25)36(29-16-4-3-5-17-29)24-27-14-12-15-28(23-27)35-32-20-9-7-18-30(32)26(2)31-19-8-10-21-33(31)35/h3-23H,24H2,1-2H3. The van der Waals surface area contributed by atoms with Crippen LogP contribution in [0.4, 0.5) is 11.4 Å². The molecule has 0 spiro atoms. The predicted octanol–water partition coefficient (Wildman–Crippen LogP) is 9.62. The quantitative estimate of drug-likeness (QED) is 0.230. The van der Waals surface area contributed by atoms with Crippen molar-refractivity contribution in [3.05, 3.63) is 144 Å². The Kier molecular flexibility index (Phi) is 5.75. The number of para-hydroxylation sites is 2. The molecule has 1 nitrogen and oxygen atoms in total. The summed E-state index contributed by atoms with van der Waals surface area (Å²) in [6.45, 7) is 5.22. The summed E-state index contributed by atoms with van der Waals surface area (Å²) in [5.74, 6) is 0. The zero-order valence-corrected chi connectivity index (χ0v) is 20.8. The molecule has 174 valence electrons. The maximum Gasteiger partial charge on any atom is 0.0482 e. The van der Waals surface area contributed by atoms with Gasteiger partial charge in [0.05, 0.1) is 0 Å². The van der Waals surface area contributed by atoms with E-state index in [0.29, 0.717) is 0 Å². The maximum absolute atomic E-state index is 2.42. The molecule has 0 saturated heterocycles. The van der Waals surface area contributed by atoms with E-state index in [1.807, 2.05) is 0 Å². The Hall–Kier alpha value is -4.36. The van der Waals surface area contributed by atoms with Gasteiger partial charge in [0.15, 0.2) is 0 Å². The van der Waals surface area contributed by atoms with Crippen molar-refractivity contribution in [3.63, 3.8) is 0 Å². The van der Waals surface area contributed by atoms with Gasteiger partial charge in [-0.15, -0.1) is 0 Å². The molecule has 0 fully saturated rings. The van der Waals surface area contributed by atoms with Crippen molar-refractivity contribution in [2.45, 2.75) is 20.4 Å². The second kappa shape index (κ2) is 9.36. The highest BCUT2D eigenvalue weighted by Gasteiger charge is 2.15. The van der Waals surface area contributed by atoms with E-state index in [9.17, 15) is 0 Å². The largest absolute Gasteiger partial charge is 0.337 e. The molecule has 0 bridgehead atoms. The lowest BCUT2D eigenvalue weighted by Crippen LogP contribution is -2.17. The minimum atomic E-state index is 0.796. The topological polar surface area (TPSA) is 3.24 Å². The van der Waals surface area contributed by atoms with E-state index < -0.39 is 0 Å². The second-order valence-electron chi connectivity index (χ2n) is 9.50. The Bertz CT molecular complexity index is 1620. The maximum atomic E-state index is 2.42. The predicted molar refractivity (Wildman–Crippen MR) is 155 cm³/mol. The van der Waals surface area contributed by atoms with Crippen LogP contribution < -0.4 is 4.90 Å². The minimum Gasteiger partial charge on any atom is -0.337 e. The molecular formula is C35H29N. The Labute approximate surface area is 213 Å². The van der Waals surface area contributed by atoms with Gasteiger partial charge in [0.2, 0.25) is 0 Å². The van der Waals surface area contributed by atoms with Gasteiger partial charge in [-0.3, -0.25) is 0 Å². The first kappa shape index (κ1) is 22.1. The molecule has 0 aliphatic heterocycles. The first-order valence-corrected chi connectivity index (χ1v) is 12.6. The number of hydrogen-bond donors (Lipinski definition) is 0. The summed E-state index contributed by atoms with van der Waals surface area (Å²) >= 11 is 0. The van der Waals surface area contributed by atoms with E-state index in [2.05, 4.69) is 146 Å². The van der Waals surface area contributed by atoms with Gasteiger partial charge < -0.3 is 4.90 Å². The van der Waals surface area contributed by atoms with Crippen LogP contribution in [0.25, 0.3) is 32.7 Å². The molecule has 6 rings (SSSR count). The molecule has 0 heterocycles. The molecule has 0 radical (unpaired) electrons. The van der Waals surface area contributed by atoms with Crippen molar-refractivity contribution in [2.75, 3.05) is 4.90 Å². The lowest BCUT2D eigenvalue weighted by atomic mass is 9.88. The SMILES string of the molecule is Cc1ccccc1N(Cc1cccc(-c2c3ccccc3c(C)c3ccccc23)c1)c1ccccc1. The van der Waals surface area contributed by atoms with Crippen molar-refractivity contribution in [2.24, 2.45) is 0 Å². The average molecular weight is 464 g/mol. The van der Waals surface area contributed by atoms with E-state index in [0.717, 1.165) is 6.54 Å². The van der Waals surface area contributed by atoms with Gasteiger partial charge in [0.25, 0.3) is 0 Å². The Morgan fingerprint density at radius 1 is 0.528 bits per heavy atom. The summed E-state index contributed by atoms with van der Waals surface area (Å²) in [5.41, 5.74) is 8.91. The molecule has 0 atom stereocenters. The van der Waals surface area contributed by atoms with Gasteiger partial charge in [0, 0.05) is 17.9 Å². The van der Waals surface area contributed by atoms with Crippen LogP contribution in [0.3, 0.4) is 0 Å². The van der Waals surface area contributed by atoms with E-state index in [-0.39, 0.29) is 0 Å². The van der Waals surface area contributed by atoms with Gasteiger partial charge in [0.1, 0.15) is 0 Å². The molecule has 1 heteroatoms. The van der Waals surface area contributed by atoms with E-state index >= 15 is 0 Å². The van der Waals surface area contributed by atoms with Crippen molar-refractivity contribution in [3.8, 4) is 11.1 Å². The van der Waals surface area contributed by atoms with Crippen LogP contribution in [0.15, 0.2) is 127 Å². The molecule has 0 N–H and O–H groups in total. The molecule has 6 aromatic carbocycles. The van der Waals surface area contributed by atoms with E-state index in [4.69, 9.17) is 0 Å². The van der Waals surface area contributed by atoms with Crippen molar-refractivity contribution in [1.82, 2.24) is 0 Å². The van der Waals surface area contributed by atoms with E-state index in [1.54, 1.807) is 0 Å². The Morgan fingerprint density at radius 3 is 1.78 bits per heavy atom. The van der Waals surface area contributed by atoms with Crippen LogP contribution in [0.5, 0.6) is 0 Å². The zero-order valence-electron chi connectivity index (χ0n) is 20.8. The summed E-state index contributed by atoms with van der Waals surface area (Å²) in [4.78, 5) is 2.42. The fourth-order valence-electron chi connectivity index (χ4n) is 5.45. The van der Waals surface area contributed by atoms with Crippen LogP contribution in [-0.2, 0) is 6.54 Å². The Morgan fingerprint density at radius 2 is 1.11 bits per heavy atom. The van der Waals surface area contributed by atoms with Crippen molar-refractivity contribution < 1.29 is 0 Å². The zero-order chi connectivity index (χ0) is 24.5. The minimum absolute atomic E-state index is 0.796. The average Bonchev–Trinajstić information content (AvgIpc) is 2.93. The third-order valence-corrected chi connectivity index (χ3v) is 7.23. The normalized spacial score (nSPS) is 11.2. The highest BCUT2D eigenvalue weighted by atomic mass is 15.1. The van der Waals surface area contributed by atoms with Gasteiger partial charge in [-0.2, -0.15) is 0 Å². The second-order valence-corrected chi connectivity index (χ2v) is 9.50. The van der Waals surface area contributed by atoms with Crippen molar-refractivity contribution >= 4 is 32.9 Å². The number of fused-ring (bicyclic) bond motifs is 2. The smallest absolute Gasteiger partial charge is 0.0482 e. The number of aryl methyl sites for hydroxylation is 2. The lowest BCUT2D eigenvalue weighted by molar-refractivity contribution is 0.969. The van der Waals surface area contributed by atoms with Gasteiger partial charge >= 0.3 is 0 Å². The molecule has 0 amide bonds. The summed E-state index contributed by atoms with van der Waals surface area (Å²) in [5, 5.41) is 5.26. The van der Waals surface area contributed by atoms with E-state index in [1.165, 1.54) is 60.7 Å². The summed E-state index contributed by atoms with van der Waals surface area (Å²) in [6, 6.07) is 46.0. The molecule has 0 saturated carbocycles. The Balaban J connectivity index is 1.51. The van der Waals surface area contributed by atoms with Gasteiger partial charge in [-0.25, -0.2) is 0 Å². The van der Waals surface area contributed by atoms with Crippen LogP contribution >= 0.6 is 0 Å². The van der Waals surface area contributed by atoms with Crippen LogP contribution in [0.1, 0.15) is 16.7 Å². The molecule has 0 aliphatic rings. The van der Waals surface area contributed by atoms with Crippen LogP contribution in [-0.4, -0.2) is 0 Å². The summed E-state index contributed by atoms with van der Waals surface area (Å²) < 4.78 is 0. The number of anilines is 2. The fraction of sp³-hybridized carbons (Fsp3) is 0.0857. The summed E-state index contributed by atoms with van der Waals surface area (Å²) in [6.07, 6.45) is 0. The number of hydrogen-bond acceptors (Lipinski definition) is 1. The van der Waals surface area contributed by atoms with Crippen LogP contribution in [0, 0.1) is 13.8 Å².